The number of nitrogens with one attached hydrogen (secondary N) is 1. The van der Waals surface area contributed by atoms with Gasteiger partial charge in [0, 0.05) is 29.4 Å². The van der Waals surface area contributed by atoms with Gasteiger partial charge in [0.15, 0.2) is 11.6 Å². The molecule has 5 nitrogen and oxygen atoms in total. The molecule has 0 saturated heterocycles. The van der Waals surface area contributed by atoms with Gasteiger partial charge in [0.05, 0.1) is 22.5 Å². The first-order chi connectivity index (χ1) is 12.1. The summed E-state index contributed by atoms with van der Waals surface area (Å²) in [6, 6.07) is 9.18. The van der Waals surface area contributed by atoms with Crippen molar-refractivity contribution in [2.75, 3.05) is 5.32 Å². The third-order valence-electron chi connectivity index (χ3n) is 4.60. The van der Waals surface area contributed by atoms with Crippen LogP contribution in [0, 0.1) is 6.92 Å². The minimum Gasteiger partial charge on any atom is -0.352 e. The van der Waals surface area contributed by atoms with Gasteiger partial charge in [-0.2, -0.15) is 0 Å². The average molecular weight is 332 g/mol. The number of aryl methyl sites for hydroxylation is 2. The lowest BCUT2D eigenvalue weighted by molar-refractivity contribution is 0.0951. The Bertz CT molecular complexity index is 959. The molecule has 124 valence electrons. The van der Waals surface area contributed by atoms with Crippen molar-refractivity contribution >= 4 is 23.0 Å². The van der Waals surface area contributed by atoms with E-state index in [1.807, 2.05) is 30.3 Å². The highest BCUT2D eigenvalue weighted by Crippen LogP contribution is 2.32. The molecule has 2 aromatic rings. The number of fused-ring (bicyclic) bond motifs is 3. The maximum Gasteiger partial charge on any atom is 0.211 e. The molecule has 4 rings (SSSR count). The number of anilines is 1. The van der Waals surface area contributed by atoms with Crippen LogP contribution in [0.2, 0.25) is 0 Å². The van der Waals surface area contributed by atoms with E-state index in [2.05, 4.69) is 10.3 Å². The second-order valence-corrected chi connectivity index (χ2v) is 6.29. The van der Waals surface area contributed by atoms with E-state index in [0.29, 0.717) is 29.8 Å². The third-order valence-corrected chi connectivity index (χ3v) is 4.60. The van der Waals surface area contributed by atoms with Gasteiger partial charge in [-0.15, -0.1) is 0 Å². The van der Waals surface area contributed by atoms with Crippen LogP contribution in [0.25, 0.3) is 0 Å². The first kappa shape index (κ1) is 15.4. The molecule has 0 aliphatic heterocycles. The van der Waals surface area contributed by atoms with Crippen LogP contribution in [0.4, 0.5) is 5.69 Å². The molecule has 1 aromatic heterocycles. The molecular formula is C20H16N2O3. The van der Waals surface area contributed by atoms with E-state index in [1.165, 1.54) is 6.08 Å². The summed E-state index contributed by atoms with van der Waals surface area (Å²) in [5, 5.41) is 3.00. The highest BCUT2D eigenvalue weighted by Gasteiger charge is 2.35. The first-order valence-electron chi connectivity index (χ1n) is 8.25. The summed E-state index contributed by atoms with van der Waals surface area (Å²) in [6.45, 7) is 1.72. The molecule has 2 aliphatic rings. The van der Waals surface area contributed by atoms with Gasteiger partial charge in [0.25, 0.3) is 0 Å². The summed E-state index contributed by atoms with van der Waals surface area (Å²) in [6.07, 6.45) is 3.08. The molecule has 0 radical (unpaired) electrons. The lowest BCUT2D eigenvalue weighted by Crippen LogP contribution is -2.28. The summed E-state index contributed by atoms with van der Waals surface area (Å²) < 4.78 is 0. The molecule has 0 spiro atoms. The van der Waals surface area contributed by atoms with E-state index >= 15 is 0 Å². The number of nitrogens with zero attached hydrogens (tertiary/aromatic N) is 1. The maximum atomic E-state index is 12.9. The van der Waals surface area contributed by atoms with Crippen LogP contribution in [0.15, 0.2) is 42.1 Å². The summed E-state index contributed by atoms with van der Waals surface area (Å²) in [4.78, 5) is 42.5. The Balaban J connectivity index is 1.84. The summed E-state index contributed by atoms with van der Waals surface area (Å²) in [5.41, 5.74) is 2.90. The summed E-state index contributed by atoms with van der Waals surface area (Å²) >= 11 is 0. The molecule has 5 heteroatoms. The van der Waals surface area contributed by atoms with Crippen molar-refractivity contribution in [2.45, 2.75) is 26.2 Å². The van der Waals surface area contributed by atoms with Crippen molar-refractivity contribution in [1.29, 1.82) is 0 Å². The molecular weight excluding hydrogens is 316 g/mol. The predicted octanol–water partition coefficient (Wildman–Crippen LogP) is 3.28. The number of carbonyl (C=O) groups is 3. The molecule has 25 heavy (non-hydrogen) atoms. The Morgan fingerprint density at radius 1 is 0.960 bits per heavy atom. The van der Waals surface area contributed by atoms with Crippen molar-refractivity contribution in [1.82, 2.24) is 4.98 Å². The van der Waals surface area contributed by atoms with Crippen molar-refractivity contribution in [3.05, 3.63) is 70.2 Å². The monoisotopic (exact) mass is 332 g/mol. The quantitative estimate of drug-likeness (QED) is 0.913. The lowest BCUT2D eigenvalue weighted by Gasteiger charge is -2.24. The van der Waals surface area contributed by atoms with Crippen LogP contribution in [-0.4, -0.2) is 22.3 Å². The molecule has 0 bridgehead atoms. The van der Waals surface area contributed by atoms with E-state index in [-0.39, 0.29) is 34.2 Å². The standard InChI is InChI=1S/C20H16N2O3/c1-11-17-19(18-13(21-11)8-5-9-15(18)23)16(24)10-14(20(17)25)22-12-6-3-2-4-7-12/h2-4,6-7,10,22H,5,8-9H2,1H3. The van der Waals surface area contributed by atoms with Gasteiger partial charge in [0.2, 0.25) is 5.78 Å². The predicted molar refractivity (Wildman–Crippen MR) is 93.1 cm³/mol. The summed E-state index contributed by atoms with van der Waals surface area (Å²) in [5.74, 6) is -0.714. The fraction of sp³-hybridized carbons (Fsp3) is 0.200. The largest absolute Gasteiger partial charge is 0.352 e. The molecule has 1 aromatic carbocycles. The lowest BCUT2D eigenvalue weighted by atomic mass is 9.82. The zero-order chi connectivity index (χ0) is 17.6. The molecule has 0 amide bonds. The summed E-state index contributed by atoms with van der Waals surface area (Å²) in [7, 11) is 0. The molecule has 1 heterocycles. The van der Waals surface area contributed by atoms with Gasteiger partial charge in [-0.25, -0.2) is 0 Å². The minimum atomic E-state index is -0.315. The van der Waals surface area contributed by atoms with E-state index < -0.39 is 0 Å². The molecule has 0 atom stereocenters. The van der Waals surface area contributed by atoms with Gasteiger partial charge < -0.3 is 5.32 Å². The fourth-order valence-electron chi connectivity index (χ4n) is 3.48. The Labute approximate surface area is 144 Å². The van der Waals surface area contributed by atoms with Gasteiger partial charge in [-0.1, -0.05) is 18.2 Å². The number of allylic oxidation sites excluding steroid dienone is 2. The SMILES string of the molecule is Cc1nc2c(c3c1C(=O)C(Nc1ccccc1)=CC3=O)C(=O)CCC2. The number of para-hydroxylation sites is 1. The maximum absolute atomic E-state index is 12.9. The van der Waals surface area contributed by atoms with Crippen LogP contribution in [0.1, 0.15) is 55.3 Å². The second-order valence-electron chi connectivity index (χ2n) is 6.29. The zero-order valence-electron chi connectivity index (χ0n) is 13.8. The van der Waals surface area contributed by atoms with Gasteiger partial charge in [-0.3, -0.25) is 19.4 Å². The molecule has 0 unspecified atom stereocenters. The highest BCUT2D eigenvalue weighted by molar-refractivity contribution is 6.28. The van der Waals surface area contributed by atoms with Crippen molar-refractivity contribution in [3.63, 3.8) is 0 Å². The number of hydrogen-bond acceptors (Lipinski definition) is 5. The van der Waals surface area contributed by atoms with Crippen molar-refractivity contribution in [3.8, 4) is 0 Å². The van der Waals surface area contributed by atoms with Gasteiger partial charge in [0.1, 0.15) is 0 Å². The second kappa shape index (κ2) is 5.77. The van der Waals surface area contributed by atoms with Crippen molar-refractivity contribution < 1.29 is 14.4 Å². The van der Waals surface area contributed by atoms with Crippen LogP contribution >= 0.6 is 0 Å². The zero-order valence-corrected chi connectivity index (χ0v) is 13.8. The number of Topliss-reactive ketones (excluding diaryl/α,β-unsaturated/α-hetero) is 2. The van der Waals surface area contributed by atoms with Crippen LogP contribution in [-0.2, 0) is 6.42 Å². The number of pyridine rings is 1. The van der Waals surface area contributed by atoms with Crippen LogP contribution in [0.5, 0.6) is 0 Å². The normalized spacial score (nSPS) is 16.2. The van der Waals surface area contributed by atoms with Gasteiger partial charge in [-0.05, 0) is 31.9 Å². The fourth-order valence-corrected chi connectivity index (χ4v) is 3.48. The highest BCUT2D eigenvalue weighted by atomic mass is 16.1. The van der Waals surface area contributed by atoms with Crippen LogP contribution in [0.3, 0.4) is 0 Å². The van der Waals surface area contributed by atoms with Crippen LogP contribution < -0.4 is 5.32 Å². The van der Waals surface area contributed by atoms with E-state index in [0.717, 1.165) is 12.1 Å². The van der Waals surface area contributed by atoms with E-state index in [4.69, 9.17) is 0 Å². The first-order valence-corrected chi connectivity index (χ1v) is 8.25. The van der Waals surface area contributed by atoms with Gasteiger partial charge >= 0.3 is 0 Å². The Kier molecular flexibility index (Phi) is 3.57. The Morgan fingerprint density at radius 2 is 1.72 bits per heavy atom. The topological polar surface area (TPSA) is 76.1 Å². The van der Waals surface area contributed by atoms with Crippen molar-refractivity contribution in [2.24, 2.45) is 0 Å². The number of benzene rings is 1. The molecule has 1 N–H and O–H groups in total. The minimum absolute atomic E-state index is 0.0981. The Hall–Kier alpha value is -3.08. The number of hydrogen-bond donors (Lipinski definition) is 1. The number of aromatic nitrogens is 1. The van der Waals surface area contributed by atoms with E-state index in [1.54, 1.807) is 6.92 Å². The molecule has 0 saturated carbocycles. The smallest absolute Gasteiger partial charge is 0.211 e. The number of carbonyl (C=O) groups excluding carboxylic acids is 3. The molecule has 0 fully saturated rings. The third kappa shape index (κ3) is 2.48. The average Bonchev–Trinajstić information content (AvgIpc) is 2.59. The Morgan fingerprint density at radius 3 is 2.48 bits per heavy atom. The number of rotatable bonds is 2. The number of ketones is 3. The van der Waals surface area contributed by atoms with E-state index in [9.17, 15) is 14.4 Å². The molecule has 2 aliphatic carbocycles.